The third-order valence-electron chi connectivity index (χ3n) is 2.89. The molecule has 1 heterocycles. The Morgan fingerprint density at radius 1 is 1.47 bits per heavy atom. The van der Waals surface area contributed by atoms with E-state index in [1.165, 1.54) is 4.57 Å². The van der Waals surface area contributed by atoms with E-state index in [0.717, 1.165) is 5.69 Å². The molecule has 0 aliphatic rings. The monoisotopic (exact) mass is 264 g/mol. The molecule has 0 saturated heterocycles. The zero-order valence-corrected chi connectivity index (χ0v) is 11.2. The van der Waals surface area contributed by atoms with Gasteiger partial charge < -0.3 is 14.1 Å². The number of rotatable bonds is 4. The summed E-state index contributed by atoms with van der Waals surface area (Å²) in [6, 6.07) is 5.32. The van der Waals surface area contributed by atoms with Crippen LogP contribution in [0.2, 0.25) is 0 Å². The van der Waals surface area contributed by atoms with Crippen LogP contribution in [0.25, 0.3) is 11.1 Å². The largest absolute Gasteiger partial charge is 0.465 e. The minimum absolute atomic E-state index is 0.158. The molecular weight excluding hydrogens is 248 g/mol. The van der Waals surface area contributed by atoms with Gasteiger partial charge in [0.05, 0.1) is 12.1 Å². The van der Waals surface area contributed by atoms with Crippen molar-refractivity contribution in [3.63, 3.8) is 0 Å². The summed E-state index contributed by atoms with van der Waals surface area (Å²) in [7, 11) is 3.43. The van der Waals surface area contributed by atoms with E-state index in [9.17, 15) is 9.59 Å². The van der Waals surface area contributed by atoms with Gasteiger partial charge in [-0.3, -0.25) is 9.36 Å². The van der Waals surface area contributed by atoms with E-state index in [1.54, 1.807) is 44.1 Å². The number of benzene rings is 1. The zero-order valence-electron chi connectivity index (χ0n) is 11.2. The Balaban J connectivity index is 2.27. The van der Waals surface area contributed by atoms with Crippen molar-refractivity contribution in [3.05, 3.63) is 28.7 Å². The third kappa shape index (κ3) is 2.62. The number of hydrogen-bond donors (Lipinski definition) is 0. The van der Waals surface area contributed by atoms with E-state index in [-0.39, 0.29) is 12.5 Å². The summed E-state index contributed by atoms with van der Waals surface area (Å²) in [5, 5.41) is 0. The number of aromatic nitrogens is 1. The van der Waals surface area contributed by atoms with Crippen LogP contribution in [-0.4, -0.2) is 30.7 Å². The summed E-state index contributed by atoms with van der Waals surface area (Å²) in [5.41, 5.74) is 2.04. The molecule has 0 radical (unpaired) electrons. The normalized spacial score (nSPS) is 10.7. The Morgan fingerprint density at radius 2 is 2.21 bits per heavy atom. The maximum Gasteiger partial charge on any atom is 0.419 e. The molecular formula is C13H16N2O4. The van der Waals surface area contributed by atoms with Crippen LogP contribution in [0.1, 0.15) is 6.92 Å². The Hall–Kier alpha value is -2.24. The molecule has 0 saturated carbocycles. The maximum atomic E-state index is 11.4. The molecule has 2 aromatic rings. The van der Waals surface area contributed by atoms with Gasteiger partial charge in [-0.2, -0.15) is 0 Å². The molecule has 1 aromatic heterocycles. The number of hydrogen-bond acceptors (Lipinski definition) is 5. The molecule has 2 rings (SSSR count). The van der Waals surface area contributed by atoms with Crippen molar-refractivity contribution in [1.82, 2.24) is 4.57 Å². The number of ether oxygens (including phenoxy) is 1. The minimum Gasteiger partial charge on any atom is -0.465 e. The van der Waals surface area contributed by atoms with Gasteiger partial charge in [0.1, 0.15) is 6.54 Å². The van der Waals surface area contributed by atoms with Gasteiger partial charge in [0.2, 0.25) is 0 Å². The summed E-state index contributed by atoms with van der Waals surface area (Å²) in [4.78, 5) is 24.6. The van der Waals surface area contributed by atoms with Gasteiger partial charge in [0.15, 0.2) is 5.58 Å². The van der Waals surface area contributed by atoms with E-state index in [2.05, 4.69) is 0 Å². The quantitative estimate of drug-likeness (QED) is 0.774. The second-order valence-electron chi connectivity index (χ2n) is 4.24. The molecule has 6 nitrogen and oxygen atoms in total. The average Bonchev–Trinajstić information content (AvgIpc) is 2.65. The van der Waals surface area contributed by atoms with E-state index in [4.69, 9.17) is 9.15 Å². The first-order valence-corrected chi connectivity index (χ1v) is 5.99. The highest BCUT2D eigenvalue weighted by Crippen LogP contribution is 2.20. The second-order valence-corrected chi connectivity index (χ2v) is 4.24. The number of nitrogens with zero attached hydrogens (tertiary/aromatic N) is 2. The number of fused-ring (bicyclic) bond motifs is 1. The van der Waals surface area contributed by atoms with Gasteiger partial charge in [-0.15, -0.1) is 0 Å². The smallest absolute Gasteiger partial charge is 0.419 e. The topological polar surface area (TPSA) is 64.7 Å². The van der Waals surface area contributed by atoms with Crippen molar-refractivity contribution >= 4 is 22.8 Å². The SMILES string of the molecule is CCOC(=O)CN(C)c1ccc2oc(=O)n(C)c2c1. The van der Waals surface area contributed by atoms with E-state index in [1.807, 2.05) is 0 Å². The maximum absolute atomic E-state index is 11.4. The molecule has 0 atom stereocenters. The molecule has 0 aliphatic heterocycles. The van der Waals surface area contributed by atoms with Crippen LogP contribution < -0.4 is 10.7 Å². The van der Waals surface area contributed by atoms with Crippen LogP contribution in [0.4, 0.5) is 5.69 Å². The van der Waals surface area contributed by atoms with Crippen molar-refractivity contribution in [1.29, 1.82) is 0 Å². The molecule has 0 N–H and O–H groups in total. The van der Waals surface area contributed by atoms with Crippen molar-refractivity contribution in [2.45, 2.75) is 6.92 Å². The van der Waals surface area contributed by atoms with Crippen LogP contribution >= 0.6 is 0 Å². The predicted molar refractivity (Wildman–Crippen MR) is 71.4 cm³/mol. The second kappa shape index (κ2) is 5.17. The van der Waals surface area contributed by atoms with Gasteiger partial charge >= 0.3 is 11.7 Å². The number of oxazole rings is 1. The molecule has 0 bridgehead atoms. The summed E-state index contributed by atoms with van der Waals surface area (Å²) < 4.78 is 11.4. The van der Waals surface area contributed by atoms with Crippen molar-refractivity contribution < 1.29 is 13.9 Å². The zero-order chi connectivity index (χ0) is 14.0. The third-order valence-corrected chi connectivity index (χ3v) is 2.89. The Kier molecular flexibility index (Phi) is 3.59. The highest BCUT2D eigenvalue weighted by molar-refractivity contribution is 5.80. The Morgan fingerprint density at radius 3 is 2.89 bits per heavy atom. The first-order chi connectivity index (χ1) is 9.02. The van der Waals surface area contributed by atoms with Gasteiger partial charge in [-0.25, -0.2) is 4.79 Å². The van der Waals surface area contributed by atoms with E-state index >= 15 is 0 Å². The summed E-state index contributed by atoms with van der Waals surface area (Å²) >= 11 is 0. The first-order valence-electron chi connectivity index (χ1n) is 5.99. The average molecular weight is 264 g/mol. The number of carbonyl (C=O) groups excluding carboxylic acids is 1. The molecule has 0 fully saturated rings. The number of esters is 1. The van der Waals surface area contributed by atoms with Crippen LogP contribution in [0.5, 0.6) is 0 Å². The highest BCUT2D eigenvalue weighted by atomic mass is 16.5. The lowest BCUT2D eigenvalue weighted by atomic mass is 10.2. The van der Waals surface area contributed by atoms with Crippen LogP contribution in [-0.2, 0) is 16.6 Å². The molecule has 0 spiro atoms. The molecule has 0 amide bonds. The standard InChI is InChI=1S/C13H16N2O4/c1-4-18-12(16)8-14(2)9-5-6-11-10(7-9)15(3)13(17)19-11/h5-7H,4,8H2,1-3H3. The highest BCUT2D eigenvalue weighted by Gasteiger charge is 2.11. The first kappa shape index (κ1) is 13.2. The molecule has 19 heavy (non-hydrogen) atoms. The van der Waals surface area contributed by atoms with Gasteiger partial charge in [0, 0.05) is 19.8 Å². The molecule has 0 unspecified atom stereocenters. The fourth-order valence-corrected chi connectivity index (χ4v) is 1.84. The van der Waals surface area contributed by atoms with Crippen molar-refractivity contribution in [2.75, 3.05) is 25.1 Å². The summed E-state index contributed by atoms with van der Waals surface area (Å²) in [5.74, 6) is -0.689. The minimum atomic E-state index is -0.403. The Labute approximate surface area is 110 Å². The summed E-state index contributed by atoms with van der Waals surface area (Å²) in [6.07, 6.45) is 0. The van der Waals surface area contributed by atoms with Crippen molar-refractivity contribution in [3.8, 4) is 0 Å². The molecule has 6 heteroatoms. The van der Waals surface area contributed by atoms with Crippen LogP contribution in [0.3, 0.4) is 0 Å². The lowest BCUT2D eigenvalue weighted by molar-refractivity contribution is -0.141. The number of likely N-dealkylation sites (N-methyl/N-ethyl adjacent to an activating group) is 1. The lowest BCUT2D eigenvalue weighted by Crippen LogP contribution is -2.27. The van der Waals surface area contributed by atoms with Crippen LogP contribution in [0, 0.1) is 0 Å². The Bertz CT molecular complexity index is 656. The molecule has 102 valence electrons. The van der Waals surface area contributed by atoms with E-state index < -0.39 is 5.76 Å². The lowest BCUT2D eigenvalue weighted by Gasteiger charge is -2.18. The number of anilines is 1. The molecule has 0 aliphatic carbocycles. The van der Waals surface area contributed by atoms with Crippen molar-refractivity contribution in [2.24, 2.45) is 7.05 Å². The van der Waals surface area contributed by atoms with E-state index in [0.29, 0.717) is 17.7 Å². The fraction of sp³-hybridized carbons (Fsp3) is 0.385. The summed E-state index contributed by atoms with van der Waals surface area (Å²) in [6.45, 7) is 2.29. The fourth-order valence-electron chi connectivity index (χ4n) is 1.84. The van der Waals surface area contributed by atoms with Gasteiger partial charge in [-0.1, -0.05) is 0 Å². The van der Waals surface area contributed by atoms with Gasteiger partial charge in [-0.05, 0) is 25.1 Å². The number of aryl methyl sites for hydroxylation is 1. The van der Waals surface area contributed by atoms with Gasteiger partial charge in [0.25, 0.3) is 0 Å². The predicted octanol–water partition coefficient (Wildman–Crippen LogP) is 1.13. The molecule has 1 aromatic carbocycles. The number of carbonyl (C=O) groups is 1. The van der Waals surface area contributed by atoms with Crippen LogP contribution in [0.15, 0.2) is 27.4 Å².